The number of aromatic nitrogens is 2. The molecule has 1 heterocycles. The summed E-state index contributed by atoms with van der Waals surface area (Å²) in [5.74, 6) is 0. The van der Waals surface area contributed by atoms with Gasteiger partial charge >= 0.3 is 0 Å². The third-order valence-corrected chi connectivity index (χ3v) is 3.54. The molecule has 0 saturated carbocycles. The van der Waals surface area contributed by atoms with Crippen molar-refractivity contribution in [2.45, 2.75) is 33.2 Å². The van der Waals surface area contributed by atoms with E-state index < -0.39 is 0 Å². The third-order valence-electron chi connectivity index (χ3n) is 3.54. The molecule has 2 N–H and O–H groups in total. The van der Waals surface area contributed by atoms with Crippen molar-refractivity contribution in [3.8, 4) is 0 Å². The molecule has 1 aromatic heterocycles. The first kappa shape index (κ1) is 13.7. The number of hydrogen-bond acceptors (Lipinski definition) is 3. The van der Waals surface area contributed by atoms with Crippen molar-refractivity contribution in [3.05, 3.63) is 40.8 Å². The Bertz CT molecular complexity index is 616. The monoisotopic (exact) mass is 259 g/mol. The highest BCUT2D eigenvalue weighted by atomic mass is 16.1. The van der Waals surface area contributed by atoms with Crippen LogP contribution in [0.3, 0.4) is 0 Å². The van der Waals surface area contributed by atoms with Crippen LogP contribution in [-0.2, 0) is 6.54 Å². The van der Waals surface area contributed by atoms with E-state index in [4.69, 9.17) is 5.73 Å². The Morgan fingerprint density at radius 1 is 1.32 bits per heavy atom. The number of benzene rings is 1. The summed E-state index contributed by atoms with van der Waals surface area (Å²) in [6.07, 6.45) is 3.35. The molecule has 0 radical (unpaired) electrons. The molecule has 0 atom stereocenters. The Hall–Kier alpha value is -1.68. The fourth-order valence-corrected chi connectivity index (χ4v) is 2.16. The predicted molar refractivity (Wildman–Crippen MR) is 78.1 cm³/mol. The molecule has 0 spiro atoms. The van der Waals surface area contributed by atoms with Crippen LogP contribution in [0.15, 0.2) is 35.3 Å². The first-order valence-corrected chi connectivity index (χ1v) is 6.68. The molecule has 19 heavy (non-hydrogen) atoms. The number of aryl methyl sites for hydroxylation is 1. The van der Waals surface area contributed by atoms with E-state index in [1.807, 2.05) is 24.3 Å². The van der Waals surface area contributed by atoms with Crippen molar-refractivity contribution in [1.82, 2.24) is 9.55 Å². The minimum absolute atomic E-state index is 0.0377. The van der Waals surface area contributed by atoms with Gasteiger partial charge in [-0.1, -0.05) is 26.0 Å². The maximum atomic E-state index is 11.9. The highest BCUT2D eigenvalue weighted by molar-refractivity contribution is 5.74. The van der Waals surface area contributed by atoms with Gasteiger partial charge in [-0.25, -0.2) is 4.98 Å². The lowest BCUT2D eigenvalue weighted by Gasteiger charge is -2.22. The fraction of sp³-hybridized carbons (Fsp3) is 0.467. The number of nitrogens with two attached hydrogens (primary N) is 1. The second kappa shape index (κ2) is 5.53. The molecule has 1 aromatic carbocycles. The number of fused-ring (bicyclic) bond motifs is 1. The lowest BCUT2D eigenvalue weighted by molar-refractivity contribution is 0.327. The maximum absolute atomic E-state index is 11.9. The molecule has 4 heteroatoms. The highest BCUT2D eigenvalue weighted by Crippen LogP contribution is 2.21. The van der Waals surface area contributed by atoms with Gasteiger partial charge in [-0.2, -0.15) is 0 Å². The molecule has 0 unspecified atom stereocenters. The zero-order chi connectivity index (χ0) is 13.9. The summed E-state index contributed by atoms with van der Waals surface area (Å²) in [6.45, 7) is 5.69. The van der Waals surface area contributed by atoms with Crippen LogP contribution in [0.2, 0.25) is 0 Å². The minimum atomic E-state index is -0.0377. The molecule has 102 valence electrons. The van der Waals surface area contributed by atoms with Crippen molar-refractivity contribution in [2.24, 2.45) is 11.1 Å². The van der Waals surface area contributed by atoms with E-state index in [-0.39, 0.29) is 11.0 Å². The van der Waals surface area contributed by atoms with Crippen LogP contribution >= 0.6 is 0 Å². The Balaban J connectivity index is 2.21. The summed E-state index contributed by atoms with van der Waals surface area (Å²) in [6, 6.07) is 7.73. The van der Waals surface area contributed by atoms with Gasteiger partial charge in [0.05, 0.1) is 17.2 Å². The van der Waals surface area contributed by atoms with Crippen molar-refractivity contribution >= 4 is 11.0 Å². The van der Waals surface area contributed by atoms with E-state index in [0.29, 0.717) is 13.1 Å². The summed E-state index contributed by atoms with van der Waals surface area (Å²) in [5.41, 5.74) is 7.59. The Morgan fingerprint density at radius 2 is 2.05 bits per heavy atom. The van der Waals surface area contributed by atoms with E-state index in [9.17, 15) is 4.79 Å². The summed E-state index contributed by atoms with van der Waals surface area (Å²) in [4.78, 5) is 16.1. The first-order valence-electron chi connectivity index (χ1n) is 6.68. The summed E-state index contributed by atoms with van der Waals surface area (Å²) < 4.78 is 1.80. The summed E-state index contributed by atoms with van der Waals surface area (Å²) in [5, 5.41) is 0. The van der Waals surface area contributed by atoms with Gasteiger partial charge in [0.2, 0.25) is 0 Å². The molecular weight excluding hydrogens is 238 g/mol. The van der Waals surface area contributed by atoms with E-state index in [1.54, 1.807) is 4.57 Å². The van der Waals surface area contributed by atoms with Crippen LogP contribution in [0.1, 0.15) is 26.7 Å². The fourth-order valence-electron chi connectivity index (χ4n) is 2.16. The molecule has 0 aliphatic heterocycles. The van der Waals surface area contributed by atoms with Gasteiger partial charge < -0.3 is 10.3 Å². The van der Waals surface area contributed by atoms with Crippen molar-refractivity contribution in [1.29, 1.82) is 0 Å². The van der Waals surface area contributed by atoms with Gasteiger partial charge in [-0.15, -0.1) is 0 Å². The number of hydrogen-bond donors (Lipinski definition) is 1. The van der Waals surface area contributed by atoms with Gasteiger partial charge in [-0.05, 0) is 36.9 Å². The Labute approximate surface area is 113 Å². The average molecular weight is 259 g/mol. The van der Waals surface area contributed by atoms with E-state index in [2.05, 4.69) is 18.8 Å². The molecule has 2 aromatic rings. The topological polar surface area (TPSA) is 60.9 Å². The van der Waals surface area contributed by atoms with Crippen molar-refractivity contribution in [2.75, 3.05) is 6.54 Å². The molecule has 0 fully saturated rings. The van der Waals surface area contributed by atoms with Crippen LogP contribution in [-0.4, -0.2) is 16.1 Å². The number of rotatable bonds is 5. The standard InChI is InChI=1S/C15H21N3O/c1-15(2,11-16)8-5-9-18-13-7-4-3-6-12(13)17-10-14(18)19/h3-4,6-7,10H,5,8-9,11,16H2,1-2H3. The van der Waals surface area contributed by atoms with Gasteiger partial charge in [-0.3, -0.25) is 4.79 Å². The summed E-state index contributed by atoms with van der Waals surface area (Å²) in [7, 11) is 0. The zero-order valence-electron chi connectivity index (χ0n) is 11.6. The molecule has 0 saturated heterocycles. The quantitative estimate of drug-likeness (QED) is 0.895. The predicted octanol–water partition coefficient (Wildman–Crippen LogP) is 2.16. The molecule has 2 rings (SSSR count). The maximum Gasteiger partial charge on any atom is 0.269 e. The average Bonchev–Trinajstić information content (AvgIpc) is 2.41. The van der Waals surface area contributed by atoms with Gasteiger partial charge in [0.25, 0.3) is 5.56 Å². The molecule has 0 aliphatic rings. The number of nitrogens with zero attached hydrogens (tertiary/aromatic N) is 2. The third kappa shape index (κ3) is 3.20. The second-order valence-corrected chi connectivity index (χ2v) is 5.71. The summed E-state index contributed by atoms with van der Waals surface area (Å²) >= 11 is 0. The van der Waals surface area contributed by atoms with Crippen molar-refractivity contribution < 1.29 is 0 Å². The Kier molecular flexibility index (Phi) is 4.00. The van der Waals surface area contributed by atoms with E-state index >= 15 is 0 Å². The lowest BCUT2D eigenvalue weighted by Crippen LogP contribution is -2.25. The van der Waals surface area contributed by atoms with Crippen LogP contribution in [0.4, 0.5) is 0 Å². The molecule has 0 amide bonds. The van der Waals surface area contributed by atoms with E-state index in [0.717, 1.165) is 23.9 Å². The SMILES string of the molecule is CC(C)(CN)CCCn1c(=O)cnc2ccccc21. The second-order valence-electron chi connectivity index (χ2n) is 5.71. The van der Waals surface area contributed by atoms with Gasteiger partial charge in [0, 0.05) is 6.54 Å². The smallest absolute Gasteiger partial charge is 0.269 e. The van der Waals surface area contributed by atoms with Crippen LogP contribution < -0.4 is 11.3 Å². The lowest BCUT2D eigenvalue weighted by atomic mass is 9.88. The van der Waals surface area contributed by atoms with Crippen LogP contribution in [0.5, 0.6) is 0 Å². The van der Waals surface area contributed by atoms with Crippen LogP contribution in [0, 0.1) is 5.41 Å². The largest absolute Gasteiger partial charge is 0.330 e. The minimum Gasteiger partial charge on any atom is -0.330 e. The highest BCUT2D eigenvalue weighted by Gasteiger charge is 2.15. The van der Waals surface area contributed by atoms with Crippen molar-refractivity contribution in [3.63, 3.8) is 0 Å². The molecule has 0 aliphatic carbocycles. The normalized spacial score (nSPS) is 11.9. The zero-order valence-corrected chi connectivity index (χ0v) is 11.6. The first-order chi connectivity index (χ1) is 9.03. The molecule has 0 bridgehead atoms. The van der Waals surface area contributed by atoms with Gasteiger partial charge in [0.15, 0.2) is 0 Å². The Morgan fingerprint density at radius 3 is 2.79 bits per heavy atom. The van der Waals surface area contributed by atoms with Crippen LogP contribution in [0.25, 0.3) is 11.0 Å². The number of para-hydroxylation sites is 2. The van der Waals surface area contributed by atoms with E-state index in [1.165, 1.54) is 6.20 Å². The van der Waals surface area contributed by atoms with Gasteiger partial charge in [0.1, 0.15) is 0 Å². The molecule has 4 nitrogen and oxygen atoms in total. The molecular formula is C15H21N3O.